The number of aliphatic imine (C=N–C) groups is 1. The molecule has 1 aliphatic carbocycles. The van der Waals surface area contributed by atoms with Gasteiger partial charge in [-0.1, -0.05) is 42.5 Å². The van der Waals surface area contributed by atoms with E-state index in [1.807, 2.05) is 42.5 Å². The van der Waals surface area contributed by atoms with E-state index in [0.717, 1.165) is 17.8 Å². The van der Waals surface area contributed by atoms with Crippen LogP contribution >= 0.6 is 11.6 Å². The molecule has 128 valence electrons. The molecule has 0 saturated carbocycles. The fourth-order valence-corrected chi connectivity index (χ4v) is 3.03. The molecule has 0 radical (unpaired) electrons. The van der Waals surface area contributed by atoms with E-state index in [1.165, 1.54) is 5.56 Å². The number of anilines is 1. The van der Waals surface area contributed by atoms with Crippen molar-refractivity contribution in [2.75, 3.05) is 11.2 Å². The third-order valence-electron chi connectivity index (χ3n) is 4.12. The lowest BCUT2D eigenvalue weighted by molar-refractivity contribution is -0.115. The number of rotatable bonds is 5. The van der Waals surface area contributed by atoms with E-state index in [1.54, 1.807) is 6.08 Å². The molecule has 0 aliphatic heterocycles. The number of allylic oxidation sites excluding steroid dienone is 2. The number of carbonyl (C=O) groups excluding carboxylic acids is 1. The van der Waals surface area contributed by atoms with Gasteiger partial charge in [0, 0.05) is 18.2 Å². The minimum atomic E-state index is 0.129. The number of nitrogens with two attached hydrogens (primary N) is 1. The first-order chi connectivity index (χ1) is 12.2. The minimum Gasteiger partial charge on any atom is -0.386 e. The standard InChI is InChI=1S/C20H20ClN3O/c21-13-20(22)24-19-9-5-4-8-18(19)23-16-10-15(11-17(25)12-16)14-6-2-1-3-7-14/h1-9,12,15,23H,10-11,13H2,(H2,22,24). The third kappa shape index (κ3) is 4.48. The number of hydrogen-bond acceptors (Lipinski definition) is 3. The van der Waals surface area contributed by atoms with Crippen molar-refractivity contribution in [1.82, 2.24) is 0 Å². The summed E-state index contributed by atoms with van der Waals surface area (Å²) in [6.07, 6.45) is 3.00. The molecule has 0 saturated heterocycles. The van der Waals surface area contributed by atoms with E-state index in [2.05, 4.69) is 22.4 Å². The maximum Gasteiger partial charge on any atom is 0.158 e. The van der Waals surface area contributed by atoms with Crippen molar-refractivity contribution in [2.45, 2.75) is 18.8 Å². The van der Waals surface area contributed by atoms with Gasteiger partial charge in [0.05, 0.1) is 17.3 Å². The fourth-order valence-electron chi connectivity index (χ4n) is 2.98. The minimum absolute atomic E-state index is 0.129. The zero-order valence-corrected chi connectivity index (χ0v) is 14.5. The van der Waals surface area contributed by atoms with Crippen LogP contribution in [0.2, 0.25) is 0 Å². The van der Waals surface area contributed by atoms with E-state index in [4.69, 9.17) is 17.3 Å². The van der Waals surface area contributed by atoms with Gasteiger partial charge in [0.1, 0.15) is 5.84 Å². The van der Waals surface area contributed by atoms with Crippen molar-refractivity contribution >= 4 is 34.6 Å². The Hall–Kier alpha value is -2.59. The number of alkyl halides is 1. The van der Waals surface area contributed by atoms with E-state index in [0.29, 0.717) is 17.9 Å². The molecule has 0 aromatic heterocycles. The Morgan fingerprint density at radius 3 is 2.60 bits per heavy atom. The van der Waals surface area contributed by atoms with E-state index < -0.39 is 0 Å². The van der Waals surface area contributed by atoms with Crippen LogP contribution in [-0.2, 0) is 4.79 Å². The second kappa shape index (κ2) is 7.99. The van der Waals surface area contributed by atoms with Gasteiger partial charge in [-0.15, -0.1) is 11.6 Å². The second-order valence-electron chi connectivity index (χ2n) is 6.03. The molecular weight excluding hydrogens is 334 g/mol. The van der Waals surface area contributed by atoms with Gasteiger partial charge in [-0.2, -0.15) is 0 Å². The number of carbonyl (C=O) groups is 1. The van der Waals surface area contributed by atoms with Crippen molar-refractivity contribution in [3.05, 3.63) is 71.9 Å². The molecule has 3 N–H and O–H groups in total. The second-order valence-corrected chi connectivity index (χ2v) is 6.30. The van der Waals surface area contributed by atoms with Crippen molar-refractivity contribution in [3.63, 3.8) is 0 Å². The van der Waals surface area contributed by atoms with Crippen molar-refractivity contribution in [3.8, 4) is 0 Å². The topological polar surface area (TPSA) is 67.5 Å². The average Bonchev–Trinajstić information content (AvgIpc) is 2.63. The Balaban J connectivity index is 1.82. The summed E-state index contributed by atoms with van der Waals surface area (Å²) >= 11 is 5.72. The lowest BCUT2D eigenvalue weighted by Crippen LogP contribution is -2.17. The Labute approximate surface area is 152 Å². The van der Waals surface area contributed by atoms with Crippen LogP contribution < -0.4 is 11.1 Å². The molecule has 1 atom stereocenters. The first kappa shape index (κ1) is 17.2. The van der Waals surface area contributed by atoms with Gasteiger partial charge in [-0.3, -0.25) is 4.79 Å². The molecule has 0 fully saturated rings. The molecule has 1 unspecified atom stereocenters. The smallest absolute Gasteiger partial charge is 0.158 e. The van der Waals surface area contributed by atoms with Crippen LogP contribution in [-0.4, -0.2) is 17.5 Å². The molecule has 25 heavy (non-hydrogen) atoms. The van der Waals surface area contributed by atoms with Gasteiger partial charge in [0.25, 0.3) is 0 Å². The van der Waals surface area contributed by atoms with Crippen LogP contribution in [0.1, 0.15) is 24.3 Å². The van der Waals surface area contributed by atoms with Gasteiger partial charge < -0.3 is 11.1 Å². The lowest BCUT2D eigenvalue weighted by Gasteiger charge is -2.24. The molecule has 3 rings (SSSR count). The third-order valence-corrected chi connectivity index (χ3v) is 4.39. The van der Waals surface area contributed by atoms with Crippen LogP contribution in [0.15, 0.2) is 71.4 Å². The average molecular weight is 354 g/mol. The number of ketones is 1. The monoisotopic (exact) mass is 353 g/mol. The summed E-state index contributed by atoms with van der Waals surface area (Å²) in [5.74, 6) is 0.839. The summed E-state index contributed by atoms with van der Waals surface area (Å²) < 4.78 is 0. The number of benzene rings is 2. The first-order valence-corrected chi connectivity index (χ1v) is 8.72. The van der Waals surface area contributed by atoms with E-state index in [9.17, 15) is 4.79 Å². The molecule has 0 amide bonds. The Bertz CT molecular complexity index is 815. The van der Waals surface area contributed by atoms with Gasteiger partial charge in [-0.05, 0) is 30.0 Å². The fraction of sp³-hybridized carbons (Fsp3) is 0.200. The van der Waals surface area contributed by atoms with Crippen molar-refractivity contribution in [1.29, 1.82) is 0 Å². The van der Waals surface area contributed by atoms with Gasteiger partial charge in [0.2, 0.25) is 0 Å². The summed E-state index contributed by atoms with van der Waals surface area (Å²) in [4.78, 5) is 16.5. The summed E-state index contributed by atoms with van der Waals surface area (Å²) in [5.41, 5.74) is 9.33. The molecule has 0 heterocycles. The highest BCUT2D eigenvalue weighted by molar-refractivity contribution is 6.28. The number of para-hydroxylation sites is 2. The quantitative estimate of drug-likeness (QED) is 0.477. The normalized spacial score (nSPS) is 18.0. The molecule has 4 nitrogen and oxygen atoms in total. The predicted molar refractivity (Wildman–Crippen MR) is 104 cm³/mol. The Morgan fingerprint density at radius 1 is 1.12 bits per heavy atom. The highest BCUT2D eigenvalue weighted by Gasteiger charge is 2.22. The van der Waals surface area contributed by atoms with Crippen LogP contribution in [0.4, 0.5) is 11.4 Å². The largest absolute Gasteiger partial charge is 0.386 e. The predicted octanol–water partition coefficient (Wildman–Crippen LogP) is 4.36. The summed E-state index contributed by atoms with van der Waals surface area (Å²) in [6.45, 7) is 0. The molecule has 5 heteroatoms. The Morgan fingerprint density at radius 2 is 1.84 bits per heavy atom. The number of nitrogens with zero attached hydrogens (tertiary/aromatic N) is 1. The summed E-state index contributed by atoms with van der Waals surface area (Å²) in [5, 5.41) is 3.34. The summed E-state index contributed by atoms with van der Waals surface area (Å²) in [7, 11) is 0. The zero-order valence-electron chi connectivity index (χ0n) is 13.8. The molecule has 0 bridgehead atoms. The Kier molecular flexibility index (Phi) is 5.51. The number of amidine groups is 1. The lowest BCUT2D eigenvalue weighted by atomic mass is 9.85. The number of halogens is 1. The van der Waals surface area contributed by atoms with Crippen molar-refractivity contribution in [2.24, 2.45) is 10.7 Å². The zero-order chi connectivity index (χ0) is 17.6. The molecule has 0 spiro atoms. The van der Waals surface area contributed by atoms with E-state index >= 15 is 0 Å². The van der Waals surface area contributed by atoms with E-state index in [-0.39, 0.29) is 17.6 Å². The van der Waals surface area contributed by atoms with Crippen LogP contribution in [0.25, 0.3) is 0 Å². The molecule has 1 aliphatic rings. The SMILES string of the molecule is NC(CCl)=Nc1ccccc1NC1=CC(=O)CC(c2ccccc2)C1. The van der Waals surface area contributed by atoms with Gasteiger partial charge >= 0.3 is 0 Å². The number of nitrogens with one attached hydrogen (secondary N) is 1. The molecule has 2 aromatic carbocycles. The highest BCUT2D eigenvalue weighted by atomic mass is 35.5. The van der Waals surface area contributed by atoms with Gasteiger partial charge in [0.15, 0.2) is 5.78 Å². The molecular formula is C20H20ClN3O. The van der Waals surface area contributed by atoms with Gasteiger partial charge in [-0.25, -0.2) is 4.99 Å². The van der Waals surface area contributed by atoms with Crippen LogP contribution in [0, 0.1) is 0 Å². The molecule has 2 aromatic rings. The van der Waals surface area contributed by atoms with Crippen molar-refractivity contribution < 1.29 is 4.79 Å². The van der Waals surface area contributed by atoms with Crippen LogP contribution in [0.5, 0.6) is 0 Å². The van der Waals surface area contributed by atoms with Crippen LogP contribution in [0.3, 0.4) is 0 Å². The first-order valence-electron chi connectivity index (χ1n) is 8.19. The maximum atomic E-state index is 12.2. The summed E-state index contributed by atoms with van der Waals surface area (Å²) in [6, 6.07) is 17.7. The highest BCUT2D eigenvalue weighted by Crippen LogP contribution is 2.33. The maximum absolute atomic E-state index is 12.2. The number of hydrogen-bond donors (Lipinski definition) is 2.